The molecule has 2 nitrogen and oxygen atoms in total. The van der Waals surface area contributed by atoms with E-state index in [1.54, 1.807) is 0 Å². The Hall–Kier alpha value is -0.100. The molecule has 2 fully saturated rings. The molecule has 2 aliphatic rings. The highest BCUT2D eigenvalue weighted by Crippen LogP contribution is 2.38. The molecule has 1 aliphatic carbocycles. The molecule has 0 radical (unpaired) electrons. The lowest BCUT2D eigenvalue weighted by Gasteiger charge is -2.29. The summed E-state index contributed by atoms with van der Waals surface area (Å²) in [6.07, 6.45) is 7.56. The fourth-order valence-corrected chi connectivity index (χ4v) is 3.60. The van der Waals surface area contributed by atoms with Crippen LogP contribution in [0.25, 0.3) is 0 Å². The molecule has 2 rings (SSSR count). The fourth-order valence-electron chi connectivity index (χ4n) is 2.28. The molecule has 1 aliphatic heterocycles. The van der Waals surface area contributed by atoms with E-state index in [-0.39, 0.29) is 5.91 Å². The van der Waals surface area contributed by atoms with Crippen LogP contribution in [0.3, 0.4) is 0 Å². The van der Waals surface area contributed by atoms with E-state index in [4.69, 9.17) is 0 Å². The van der Waals surface area contributed by atoms with Crippen molar-refractivity contribution in [3.63, 3.8) is 0 Å². The van der Waals surface area contributed by atoms with Gasteiger partial charge in [-0.05, 0) is 33.1 Å². The van der Waals surface area contributed by atoms with Gasteiger partial charge < -0.3 is 5.09 Å². The third-order valence-corrected chi connectivity index (χ3v) is 4.56. The molecule has 0 spiro atoms. The van der Waals surface area contributed by atoms with Crippen molar-refractivity contribution in [2.75, 3.05) is 0 Å². The van der Waals surface area contributed by atoms with Crippen molar-refractivity contribution >= 4 is 14.6 Å². The highest BCUT2D eigenvalue weighted by atomic mass is 31.1. The van der Waals surface area contributed by atoms with Crippen LogP contribution < -0.4 is 5.09 Å². The normalized spacial score (nSPS) is 38.5. The second-order valence-corrected chi connectivity index (χ2v) is 5.18. The Bertz CT molecular complexity index is 183. The number of rotatable bonds is 0. The molecule has 0 bridgehead atoms. The van der Waals surface area contributed by atoms with E-state index < -0.39 is 0 Å². The molecule has 0 aromatic carbocycles. The fraction of sp³-hybridized carbons (Fsp3) is 0.889. The Labute approximate surface area is 75.3 Å². The molecule has 3 heteroatoms. The first-order valence-corrected chi connectivity index (χ1v) is 5.98. The monoisotopic (exact) mass is 185 g/mol. The number of nitrogens with one attached hydrogen (secondary N) is 1. The number of hydrogen-bond donors (Lipinski definition) is 1. The Kier molecular flexibility index (Phi) is 2.65. The molecular formula is C9H16NOP. The topological polar surface area (TPSA) is 29.1 Å². The summed E-state index contributed by atoms with van der Waals surface area (Å²) in [5, 5.41) is 3.00. The van der Waals surface area contributed by atoms with Crippen LogP contribution in [0.5, 0.6) is 0 Å². The number of fused-ring (bicyclic) bond motifs is 1. The summed E-state index contributed by atoms with van der Waals surface area (Å²) in [6.45, 7) is 0. The van der Waals surface area contributed by atoms with Gasteiger partial charge in [0, 0.05) is 6.42 Å². The average Bonchev–Trinajstić information content (AvgIpc) is 2.28. The lowest BCUT2D eigenvalue weighted by atomic mass is 9.95. The van der Waals surface area contributed by atoms with Crippen LogP contribution in [0.15, 0.2) is 0 Å². The van der Waals surface area contributed by atoms with Crippen LogP contribution in [0.2, 0.25) is 0 Å². The predicted molar refractivity (Wildman–Crippen MR) is 51.4 cm³/mol. The highest BCUT2D eigenvalue weighted by molar-refractivity contribution is 7.37. The maximum atomic E-state index is 11.1. The molecule has 1 amide bonds. The van der Waals surface area contributed by atoms with Gasteiger partial charge in [0.25, 0.3) is 0 Å². The highest BCUT2D eigenvalue weighted by Gasteiger charge is 2.29. The van der Waals surface area contributed by atoms with Crippen LogP contribution in [0.4, 0.5) is 0 Å². The van der Waals surface area contributed by atoms with Gasteiger partial charge in [-0.2, -0.15) is 0 Å². The van der Waals surface area contributed by atoms with Crippen molar-refractivity contribution in [1.29, 1.82) is 0 Å². The second-order valence-electron chi connectivity index (χ2n) is 3.90. The molecule has 0 aromatic heterocycles. The summed E-state index contributed by atoms with van der Waals surface area (Å²) in [5.41, 5.74) is 0.824. The lowest BCUT2D eigenvalue weighted by molar-refractivity contribution is -0.120. The van der Waals surface area contributed by atoms with Gasteiger partial charge in [0.2, 0.25) is 5.91 Å². The lowest BCUT2D eigenvalue weighted by Crippen LogP contribution is -2.32. The largest absolute Gasteiger partial charge is 0.338 e. The zero-order valence-corrected chi connectivity index (χ0v) is 8.31. The molecule has 1 saturated heterocycles. The Morgan fingerprint density at radius 1 is 1.25 bits per heavy atom. The Morgan fingerprint density at radius 3 is 3.00 bits per heavy atom. The Balaban J connectivity index is 1.99. The SMILES string of the molecule is O=C1CC2CCCCCC2PN1. The summed E-state index contributed by atoms with van der Waals surface area (Å²) >= 11 is 0. The molecular weight excluding hydrogens is 169 g/mol. The number of hydrogen-bond acceptors (Lipinski definition) is 1. The van der Waals surface area contributed by atoms with E-state index in [9.17, 15) is 4.79 Å². The van der Waals surface area contributed by atoms with E-state index in [2.05, 4.69) is 5.09 Å². The van der Waals surface area contributed by atoms with E-state index >= 15 is 0 Å². The maximum Gasteiger partial charge on any atom is 0.223 e. The van der Waals surface area contributed by atoms with Gasteiger partial charge in [-0.25, -0.2) is 0 Å². The van der Waals surface area contributed by atoms with Crippen LogP contribution in [0.1, 0.15) is 38.5 Å². The zero-order chi connectivity index (χ0) is 8.39. The van der Waals surface area contributed by atoms with Gasteiger partial charge >= 0.3 is 0 Å². The van der Waals surface area contributed by atoms with Crippen molar-refractivity contribution in [2.24, 2.45) is 5.92 Å². The van der Waals surface area contributed by atoms with Crippen molar-refractivity contribution < 1.29 is 4.79 Å². The van der Waals surface area contributed by atoms with Crippen molar-refractivity contribution in [3.8, 4) is 0 Å². The van der Waals surface area contributed by atoms with Gasteiger partial charge in [0.15, 0.2) is 0 Å². The van der Waals surface area contributed by atoms with Crippen LogP contribution in [0, 0.1) is 5.92 Å². The van der Waals surface area contributed by atoms with Crippen molar-refractivity contribution in [1.82, 2.24) is 5.09 Å². The molecule has 1 heterocycles. The van der Waals surface area contributed by atoms with Crippen LogP contribution in [-0.4, -0.2) is 11.6 Å². The minimum atomic E-state index is 0.288. The molecule has 3 unspecified atom stereocenters. The standard InChI is InChI=1S/C9H16NOP/c11-9-6-7-4-2-1-3-5-8(7)12-10-9/h7-8,12H,1-6H2,(H,10,11). The van der Waals surface area contributed by atoms with E-state index in [0.717, 1.165) is 18.0 Å². The summed E-state index contributed by atoms with van der Waals surface area (Å²) in [7, 11) is 0.708. The first kappa shape index (κ1) is 8.50. The molecule has 68 valence electrons. The minimum absolute atomic E-state index is 0.288. The van der Waals surface area contributed by atoms with Gasteiger partial charge in [-0.15, -0.1) is 0 Å². The molecule has 1 saturated carbocycles. The average molecular weight is 185 g/mol. The summed E-state index contributed by atoms with van der Waals surface area (Å²) in [4.78, 5) is 11.1. The van der Waals surface area contributed by atoms with Gasteiger partial charge in [-0.3, -0.25) is 4.79 Å². The van der Waals surface area contributed by atoms with Crippen molar-refractivity contribution in [2.45, 2.75) is 44.2 Å². The smallest absolute Gasteiger partial charge is 0.223 e. The first-order chi connectivity index (χ1) is 5.86. The second kappa shape index (κ2) is 3.74. The van der Waals surface area contributed by atoms with Gasteiger partial charge in [0.1, 0.15) is 0 Å². The number of carbonyl (C=O) groups is 1. The summed E-state index contributed by atoms with van der Waals surface area (Å²) in [6, 6.07) is 0. The number of carbonyl (C=O) groups excluding carboxylic acids is 1. The van der Waals surface area contributed by atoms with Crippen LogP contribution in [-0.2, 0) is 4.79 Å². The van der Waals surface area contributed by atoms with E-state index in [0.29, 0.717) is 8.73 Å². The molecule has 3 atom stereocenters. The van der Waals surface area contributed by atoms with E-state index in [1.807, 2.05) is 0 Å². The molecule has 12 heavy (non-hydrogen) atoms. The maximum absolute atomic E-state index is 11.1. The summed E-state index contributed by atoms with van der Waals surface area (Å²) in [5.74, 6) is 1.01. The molecule has 1 N–H and O–H groups in total. The minimum Gasteiger partial charge on any atom is -0.338 e. The van der Waals surface area contributed by atoms with Gasteiger partial charge in [0.05, 0.1) is 0 Å². The third kappa shape index (κ3) is 1.80. The Morgan fingerprint density at radius 2 is 2.08 bits per heavy atom. The summed E-state index contributed by atoms with van der Waals surface area (Å²) < 4.78 is 0. The quantitative estimate of drug-likeness (QED) is 0.575. The third-order valence-electron chi connectivity index (χ3n) is 3.00. The van der Waals surface area contributed by atoms with Crippen molar-refractivity contribution in [3.05, 3.63) is 0 Å². The first-order valence-electron chi connectivity index (χ1n) is 4.90. The van der Waals surface area contributed by atoms with Crippen LogP contribution >= 0.6 is 8.73 Å². The predicted octanol–water partition coefficient (Wildman–Crippen LogP) is 2.05. The number of amides is 1. The molecule has 0 aromatic rings. The van der Waals surface area contributed by atoms with Gasteiger partial charge in [-0.1, -0.05) is 19.3 Å². The van der Waals surface area contributed by atoms with E-state index in [1.165, 1.54) is 32.1 Å². The zero-order valence-electron chi connectivity index (χ0n) is 7.31.